The van der Waals surface area contributed by atoms with Crippen LogP contribution in [0, 0.1) is 5.41 Å². The Balaban J connectivity index is 2.57. The fourth-order valence-corrected chi connectivity index (χ4v) is 4.30. The molecule has 0 aromatic rings. The van der Waals surface area contributed by atoms with Crippen LogP contribution in [0.15, 0.2) is 0 Å². The predicted octanol–water partition coefficient (Wildman–Crippen LogP) is 4.66. The van der Waals surface area contributed by atoms with Gasteiger partial charge in [-0.05, 0) is 31.6 Å². The summed E-state index contributed by atoms with van der Waals surface area (Å²) in [5, 5.41) is 0. The Morgan fingerprint density at radius 3 is 1.94 bits per heavy atom. The second-order valence-corrected chi connectivity index (χ2v) is 8.13. The van der Waals surface area contributed by atoms with Crippen LogP contribution in [0.3, 0.4) is 0 Å². The molecule has 3 nitrogen and oxygen atoms in total. The summed E-state index contributed by atoms with van der Waals surface area (Å²) >= 11 is 5.32. The second-order valence-electron chi connectivity index (χ2n) is 5.12. The highest BCUT2D eigenvalue weighted by atomic mass is 32.5. The summed E-state index contributed by atoms with van der Waals surface area (Å²) in [4.78, 5) is 0. The first-order valence-electron chi connectivity index (χ1n) is 7.13. The second kappa shape index (κ2) is 7.96. The van der Waals surface area contributed by atoms with Crippen LogP contribution in [0.5, 0.6) is 0 Å². The normalized spacial score (nSPS) is 21.9. The van der Waals surface area contributed by atoms with Gasteiger partial charge >= 0.3 is 6.72 Å². The lowest BCUT2D eigenvalue weighted by molar-refractivity contribution is -0.00788. The largest absolute Gasteiger partial charge is 0.327 e. The Morgan fingerprint density at radius 2 is 1.56 bits per heavy atom. The number of rotatable bonds is 8. The van der Waals surface area contributed by atoms with E-state index in [2.05, 4.69) is 13.8 Å². The van der Waals surface area contributed by atoms with E-state index in [0.717, 1.165) is 0 Å². The fraction of sp³-hybridized carbons (Fsp3) is 1.00. The van der Waals surface area contributed by atoms with Crippen LogP contribution >= 0.6 is 6.72 Å². The molecular formula is C13H27O3PS. The zero-order valence-electron chi connectivity index (χ0n) is 11.9. The van der Waals surface area contributed by atoms with Crippen molar-refractivity contribution >= 4 is 18.5 Å². The number of hydrogen-bond acceptors (Lipinski definition) is 4. The topological polar surface area (TPSA) is 27.7 Å². The van der Waals surface area contributed by atoms with E-state index in [9.17, 15) is 0 Å². The van der Waals surface area contributed by atoms with Crippen LogP contribution in [0.25, 0.3) is 0 Å². The molecule has 1 saturated heterocycles. The van der Waals surface area contributed by atoms with E-state index in [1.165, 1.54) is 38.5 Å². The molecule has 1 fully saturated rings. The summed E-state index contributed by atoms with van der Waals surface area (Å²) in [7, 11) is 0. The van der Waals surface area contributed by atoms with Crippen LogP contribution in [0.1, 0.15) is 59.3 Å². The third-order valence-electron chi connectivity index (χ3n) is 3.47. The first kappa shape index (κ1) is 16.6. The van der Waals surface area contributed by atoms with E-state index in [4.69, 9.17) is 25.4 Å². The molecule has 1 aliphatic heterocycles. The standard InChI is InChI=1S/C13H27O3PS/c1-4-7-9-13(10-8-5-2)11-15-17(18,14-6-3)16-12-13/h4-12H2,1-3H3. The van der Waals surface area contributed by atoms with Crippen LogP contribution in [-0.2, 0) is 25.4 Å². The lowest BCUT2D eigenvalue weighted by atomic mass is 9.80. The van der Waals surface area contributed by atoms with Gasteiger partial charge in [0, 0.05) is 5.41 Å². The molecule has 0 radical (unpaired) electrons. The third kappa shape index (κ3) is 4.90. The van der Waals surface area contributed by atoms with Crippen LogP contribution < -0.4 is 0 Å². The van der Waals surface area contributed by atoms with E-state index < -0.39 is 6.72 Å². The average molecular weight is 294 g/mol. The van der Waals surface area contributed by atoms with Gasteiger partial charge in [0.15, 0.2) is 0 Å². The minimum atomic E-state index is -2.42. The lowest BCUT2D eigenvalue weighted by Gasteiger charge is -2.40. The van der Waals surface area contributed by atoms with Crippen LogP contribution in [-0.4, -0.2) is 19.8 Å². The van der Waals surface area contributed by atoms with E-state index in [1.54, 1.807) is 0 Å². The minimum Gasteiger partial charge on any atom is -0.309 e. The molecule has 0 unspecified atom stereocenters. The first-order chi connectivity index (χ1) is 8.60. The molecule has 108 valence electrons. The smallest absolute Gasteiger partial charge is 0.309 e. The van der Waals surface area contributed by atoms with E-state index in [-0.39, 0.29) is 5.41 Å². The van der Waals surface area contributed by atoms with Crippen molar-refractivity contribution in [1.29, 1.82) is 0 Å². The summed E-state index contributed by atoms with van der Waals surface area (Å²) in [6.07, 6.45) is 7.23. The van der Waals surface area contributed by atoms with Gasteiger partial charge in [0.2, 0.25) is 0 Å². The summed E-state index contributed by atoms with van der Waals surface area (Å²) in [6, 6.07) is 0. The highest BCUT2D eigenvalue weighted by molar-refractivity contribution is 8.07. The van der Waals surface area contributed by atoms with Crippen LogP contribution in [0.2, 0.25) is 0 Å². The van der Waals surface area contributed by atoms with Gasteiger partial charge in [-0.25, -0.2) is 0 Å². The minimum absolute atomic E-state index is 0.172. The molecule has 5 heteroatoms. The highest BCUT2D eigenvalue weighted by Gasteiger charge is 2.39. The number of hydrogen-bond donors (Lipinski definition) is 0. The Morgan fingerprint density at radius 1 is 1.06 bits per heavy atom. The first-order valence-corrected chi connectivity index (χ1v) is 9.69. The molecule has 1 aliphatic rings. The molecule has 1 heterocycles. The third-order valence-corrected chi connectivity index (χ3v) is 5.88. The van der Waals surface area contributed by atoms with E-state index in [1.807, 2.05) is 6.92 Å². The average Bonchev–Trinajstić information content (AvgIpc) is 2.38. The van der Waals surface area contributed by atoms with Crippen molar-refractivity contribution in [2.75, 3.05) is 19.8 Å². The SMILES string of the molecule is CCCCC1(CCCC)COP(=S)(OCC)OC1. The van der Waals surface area contributed by atoms with Crippen molar-refractivity contribution in [1.82, 2.24) is 0 Å². The zero-order valence-corrected chi connectivity index (χ0v) is 13.7. The fourth-order valence-electron chi connectivity index (χ4n) is 2.26. The summed E-state index contributed by atoms with van der Waals surface area (Å²) in [5.74, 6) is 0. The van der Waals surface area contributed by atoms with Gasteiger partial charge in [-0.1, -0.05) is 39.5 Å². The van der Waals surface area contributed by atoms with Crippen molar-refractivity contribution in [2.24, 2.45) is 5.41 Å². The van der Waals surface area contributed by atoms with Gasteiger partial charge in [0.05, 0.1) is 19.8 Å². The van der Waals surface area contributed by atoms with Crippen molar-refractivity contribution in [2.45, 2.75) is 59.3 Å². The van der Waals surface area contributed by atoms with Gasteiger partial charge in [-0.2, -0.15) is 0 Å². The molecule has 0 saturated carbocycles. The van der Waals surface area contributed by atoms with Crippen molar-refractivity contribution in [3.63, 3.8) is 0 Å². The van der Waals surface area contributed by atoms with Crippen molar-refractivity contribution in [3.8, 4) is 0 Å². The summed E-state index contributed by atoms with van der Waals surface area (Å²) in [5.41, 5.74) is 0.172. The molecule has 1 rings (SSSR count). The van der Waals surface area contributed by atoms with Gasteiger partial charge < -0.3 is 13.6 Å². The van der Waals surface area contributed by atoms with Gasteiger partial charge in [0.25, 0.3) is 0 Å². The van der Waals surface area contributed by atoms with Crippen LogP contribution in [0.4, 0.5) is 0 Å². The summed E-state index contributed by atoms with van der Waals surface area (Å²) < 4.78 is 17.0. The maximum absolute atomic E-state index is 5.80. The molecule has 0 bridgehead atoms. The van der Waals surface area contributed by atoms with Gasteiger partial charge in [-0.15, -0.1) is 0 Å². The number of unbranched alkanes of at least 4 members (excludes halogenated alkanes) is 2. The van der Waals surface area contributed by atoms with Crippen molar-refractivity contribution < 1.29 is 13.6 Å². The lowest BCUT2D eigenvalue weighted by Crippen LogP contribution is -2.36. The Kier molecular flexibility index (Phi) is 7.33. The van der Waals surface area contributed by atoms with E-state index >= 15 is 0 Å². The maximum Gasteiger partial charge on any atom is 0.327 e. The molecular weight excluding hydrogens is 267 g/mol. The van der Waals surface area contributed by atoms with Gasteiger partial charge in [-0.3, -0.25) is 0 Å². The molecule has 0 aliphatic carbocycles. The van der Waals surface area contributed by atoms with Gasteiger partial charge in [0.1, 0.15) is 0 Å². The monoisotopic (exact) mass is 294 g/mol. The van der Waals surface area contributed by atoms with E-state index in [0.29, 0.717) is 19.8 Å². The molecule has 18 heavy (non-hydrogen) atoms. The zero-order chi connectivity index (χ0) is 13.5. The molecule has 0 atom stereocenters. The highest BCUT2D eigenvalue weighted by Crippen LogP contribution is 2.56. The molecule has 0 aromatic carbocycles. The quantitative estimate of drug-likeness (QED) is 0.608. The van der Waals surface area contributed by atoms with Crippen molar-refractivity contribution in [3.05, 3.63) is 0 Å². The molecule has 0 N–H and O–H groups in total. The maximum atomic E-state index is 5.80. The Bertz CT molecular complexity index is 261. The molecule has 0 amide bonds. The molecule has 0 spiro atoms. The molecule has 0 aromatic heterocycles. The Labute approximate surface area is 117 Å². The summed E-state index contributed by atoms with van der Waals surface area (Å²) in [6.45, 7) is 5.94. The Hall–Kier alpha value is 0.530. The predicted molar refractivity (Wildman–Crippen MR) is 79.3 cm³/mol.